The van der Waals surface area contributed by atoms with Crippen molar-refractivity contribution >= 4 is 27.5 Å². The van der Waals surface area contributed by atoms with Crippen LogP contribution >= 0.6 is 11.3 Å². The van der Waals surface area contributed by atoms with E-state index in [0.717, 1.165) is 59.7 Å². The van der Waals surface area contributed by atoms with Crippen molar-refractivity contribution < 1.29 is 4.79 Å². The summed E-state index contributed by atoms with van der Waals surface area (Å²) >= 11 is 1.56. The van der Waals surface area contributed by atoms with Crippen LogP contribution in [0.25, 0.3) is 20.7 Å². The van der Waals surface area contributed by atoms with Crippen molar-refractivity contribution in [3.8, 4) is 10.4 Å². The van der Waals surface area contributed by atoms with Gasteiger partial charge in [0.05, 0.1) is 11.9 Å². The molecule has 1 N–H and O–H groups in total. The molecule has 1 aliphatic heterocycles. The van der Waals surface area contributed by atoms with E-state index in [0.29, 0.717) is 23.8 Å². The molecule has 35 heavy (non-hydrogen) atoms. The quantitative estimate of drug-likeness (QED) is 0.391. The van der Waals surface area contributed by atoms with Gasteiger partial charge in [0.15, 0.2) is 0 Å². The monoisotopic (exact) mass is 486 g/mol. The lowest BCUT2D eigenvalue weighted by atomic mass is 10.0. The number of nitrogens with one attached hydrogen (secondary N) is 1. The van der Waals surface area contributed by atoms with Crippen molar-refractivity contribution in [3.63, 3.8) is 0 Å². The standard InChI is InChI=1S/C28H30N4O2S/c1-2-15-32(22-13-16-31(17-14-22)28(34)21-11-7-4-8-12-21)19-25-29-26(33)23-18-24(35-27(23)30-25)20-9-5-3-6-10-20/h3-12,18,22H,2,13-17,19H2,1H3,(H,29,30,33). The molecule has 0 unspecified atom stereocenters. The highest BCUT2D eigenvalue weighted by Gasteiger charge is 2.27. The molecule has 6 nitrogen and oxygen atoms in total. The number of amides is 1. The minimum atomic E-state index is -0.0804. The van der Waals surface area contributed by atoms with Crippen molar-refractivity contribution in [3.05, 3.63) is 88.5 Å². The number of carbonyl (C=O) groups excluding carboxylic acids is 1. The molecule has 1 fully saturated rings. The topological polar surface area (TPSA) is 69.3 Å². The Labute approximate surface area is 209 Å². The van der Waals surface area contributed by atoms with E-state index >= 15 is 0 Å². The molecule has 4 aromatic rings. The smallest absolute Gasteiger partial charge is 0.259 e. The van der Waals surface area contributed by atoms with E-state index in [9.17, 15) is 9.59 Å². The Balaban J connectivity index is 1.30. The van der Waals surface area contributed by atoms with Gasteiger partial charge in [-0.3, -0.25) is 14.5 Å². The summed E-state index contributed by atoms with van der Waals surface area (Å²) in [5.74, 6) is 0.814. The lowest BCUT2D eigenvalue weighted by molar-refractivity contribution is 0.0603. The number of nitrogens with zero attached hydrogens (tertiary/aromatic N) is 3. The Kier molecular flexibility index (Phi) is 7.06. The van der Waals surface area contributed by atoms with Gasteiger partial charge >= 0.3 is 0 Å². The average molecular weight is 487 g/mol. The maximum atomic E-state index is 12.9. The summed E-state index contributed by atoms with van der Waals surface area (Å²) in [6.07, 6.45) is 2.86. The number of H-pyrrole nitrogens is 1. The van der Waals surface area contributed by atoms with E-state index in [1.54, 1.807) is 11.3 Å². The first kappa shape index (κ1) is 23.5. The third-order valence-electron chi connectivity index (χ3n) is 6.66. The molecule has 0 radical (unpaired) electrons. The van der Waals surface area contributed by atoms with E-state index in [1.807, 2.05) is 59.5 Å². The summed E-state index contributed by atoms with van der Waals surface area (Å²) in [5, 5.41) is 0.646. The Bertz CT molecular complexity index is 1340. The molecule has 2 aromatic heterocycles. The number of hydrogen-bond acceptors (Lipinski definition) is 5. The fraction of sp³-hybridized carbons (Fsp3) is 0.321. The van der Waals surface area contributed by atoms with Gasteiger partial charge in [-0.05, 0) is 49.6 Å². The summed E-state index contributed by atoms with van der Waals surface area (Å²) < 4.78 is 0. The molecule has 5 rings (SSSR count). The Morgan fingerprint density at radius 1 is 1.09 bits per heavy atom. The first-order valence-electron chi connectivity index (χ1n) is 12.3. The van der Waals surface area contributed by atoms with Crippen molar-refractivity contribution in [1.82, 2.24) is 19.8 Å². The number of aromatic amines is 1. The molecule has 0 spiro atoms. The van der Waals surface area contributed by atoms with Crippen molar-refractivity contribution in [2.75, 3.05) is 19.6 Å². The highest BCUT2D eigenvalue weighted by molar-refractivity contribution is 7.21. The van der Waals surface area contributed by atoms with Crippen LogP contribution in [-0.4, -0.2) is 51.4 Å². The third kappa shape index (κ3) is 5.21. The second-order valence-corrected chi connectivity index (χ2v) is 10.1. The van der Waals surface area contributed by atoms with Crippen molar-refractivity contribution in [2.24, 2.45) is 0 Å². The number of carbonyl (C=O) groups is 1. The molecular weight excluding hydrogens is 456 g/mol. The third-order valence-corrected chi connectivity index (χ3v) is 7.74. The van der Waals surface area contributed by atoms with Gasteiger partial charge in [0.25, 0.3) is 11.5 Å². The van der Waals surface area contributed by atoms with E-state index < -0.39 is 0 Å². The van der Waals surface area contributed by atoms with E-state index in [-0.39, 0.29) is 11.5 Å². The van der Waals surface area contributed by atoms with E-state index in [2.05, 4.69) is 28.9 Å². The predicted octanol–water partition coefficient (Wildman–Crippen LogP) is 5.17. The summed E-state index contributed by atoms with van der Waals surface area (Å²) in [4.78, 5) is 39.8. The van der Waals surface area contributed by atoms with Gasteiger partial charge in [0.1, 0.15) is 10.7 Å². The van der Waals surface area contributed by atoms with Crippen LogP contribution in [-0.2, 0) is 6.54 Å². The number of fused-ring (bicyclic) bond motifs is 1. The van der Waals surface area contributed by atoms with Crippen LogP contribution in [0.3, 0.4) is 0 Å². The number of benzene rings is 2. The zero-order valence-electron chi connectivity index (χ0n) is 19.9. The zero-order chi connectivity index (χ0) is 24.2. The molecule has 180 valence electrons. The van der Waals surface area contributed by atoms with Crippen LogP contribution in [0.2, 0.25) is 0 Å². The van der Waals surface area contributed by atoms with Crippen LogP contribution in [0.5, 0.6) is 0 Å². The zero-order valence-corrected chi connectivity index (χ0v) is 20.8. The van der Waals surface area contributed by atoms with Gasteiger partial charge in [-0.2, -0.15) is 0 Å². The average Bonchev–Trinajstić information content (AvgIpc) is 3.34. The molecule has 1 amide bonds. The molecule has 3 heterocycles. The molecule has 0 bridgehead atoms. The highest BCUT2D eigenvalue weighted by Crippen LogP contribution is 2.31. The second kappa shape index (κ2) is 10.5. The lowest BCUT2D eigenvalue weighted by Gasteiger charge is -2.38. The van der Waals surface area contributed by atoms with Gasteiger partial charge in [-0.25, -0.2) is 4.98 Å². The fourth-order valence-corrected chi connectivity index (χ4v) is 5.92. The van der Waals surface area contributed by atoms with Gasteiger partial charge in [-0.15, -0.1) is 11.3 Å². The molecule has 0 aliphatic carbocycles. The largest absolute Gasteiger partial charge is 0.339 e. The molecule has 7 heteroatoms. The number of thiophene rings is 1. The SMILES string of the molecule is CCCN(Cc1nc2sc(-c3ccccc3)cc2c(=O)[nH]1)C1CCN(C(=O)c2ccccc2)CC1. The van der Waals surface area contributed by atoms with Gasteiger partial charge in [-0.1, -0.05) is 55.5 Å². The molecular formula is C28H30N4O2S. The van der Waals surface area contributed by atoms with Crippen LogP contribution < -0.4 is 5.56 Å². The Hall–Kier alpha value is -3.29. The van der Waals surface area contributed by atoms with Gasteiger partial charge in [0, 0.05) is 29.6 Å². The Morgan fingerprint density at radius 3 is 2.46 bits per heavy atom. The van der Waals surface area contributed by atoms with Crippen LogP contribution in [0.15, 0.2) is 71.5 Å². The number of piperidine rings is 1. The van der Waals surface area contributed by atoms with E-state index in [1.165, 1.54) is 0 Å². The Morgan fingerprint density at radius 2 is 1.77 bits per heavy atom. The van der Waals surface area contributed by atoms with Gasteiger partial charge < -0.3 is 9.88 Å². The summed E-state index contributed by atoms with van der Waals surface area (Å²) in [5.41, 5.74) is 1.77. The summed E-state index contributed by atoms with van der Waals surface area (Å²) in [7, 11) is 0. The highest BCUT2D eigenvalue weighted by atomic mass is 32.1. The maximum absolute atomic E-state index is 12.9. The molecule has 1 aliphatic rings. The van der Waals surface area contributed by atoms with Crippen molar-refractivity contribution in [1.29, 1.82) is 0 Å². The first-order chi connectivity index (χ1) is 17.1. The molecule has 2 aromatic carbocycles. The lowest BCUT2D eigenvalue weighted by Crippen LogP contribution is -2.47. The predicted molar refractivity (Wildman–Crippen MR) is 142 cm³/mol. The molecule has 0 atom stereocenters. The fourth-order valence-electron chi connectivity index (χ4n) is 4.86. The van der Waals surface area contributed by atoms with Crippen LogP contribution in [0.4, 0.5) is 0 Å². The first-order valence-corrected chi connectivity index (χ1v) is 13.1. The minimum absolute atomic E-state index is 0.0804. The number of rotatable bonds is 7. The second-order valence-electron chi connectivity index (χ2n) is 9.07. The molecule has 1 saturated heterocycles. The van der Waals surface area contributed by atoms with E-state index in [4.69, 9.17) is 4.98 Å². The van der Waals surface area contributed by atoms with Crippen molar-refractivity contribution in [2.45, 2.75) is 38.8 Å². The minimum Gasteiger partial charge on any atom is -0.339 e. The number of likely N-dealkylation sites (tertiary alicyclic amines) is 1. The number of hydrogen-bond donors (Lipinski definition) is 1. The summed E-state index contributed by atoms with van der Waals surface area (Å²) in [6.45, 7) is 5.19. The summed E-state index contributed by atoms with van der Waals surface area (Å²) in [6, 6.07) is 21.9. The maximum Gasteiger partial charge on any atom is 0.259 e. The van der Waals surface area contributed by atoms with Crippen LogP contribution in [0.1, 0.15) is 42.4 Å². The normalized spacial score (nSPS) is 14.6. The van der Waals surface area contributed by atoms with Crippen LogP contribution in [0, 0.1) is 0 Å². The molecule has 0 saturated carbocycles. The number of aromatic nitrogens is 2. The van der Waals surface area contributed by atoms with Gasteiger partial charge in [0.2, 0.25) is 0 Å².